The number of phenolic OH excluding ortho intramolecular Hbond substituents is 1. The van der Waals surface area contributed by atoms with Crippen molar-refractivity contribution < 1.29 is 9.50 Å². The van der Waals surface area contributed by atoms with Crippen LogP contribution in [0.1, 0.15) is 5.56 Å². The van der Waals surface area contributed by atoms with Crippen molar-refractivity contribution >= 4 is 22.5 Å². The molecule has 0 aliphatic carbocycles. The van der Waals surface area contributed by atoms with E-state index in [1.54, 1.807) is 6.07 Å². The Morgan fingerprint density at radius 3 is 2.73 bits per heavy atom. The van der Waals surface area contributed by atoms with Gasteiger partial charge in [-0.3, -0.25) is 0 Å². The van der Waals surface area contributed by atoms with Crippen molar-refractivity contribution in [3.05, 3.63) is 42.2 Å². The largest absolute Gasteiger partial charge is 0.508 e. The van der Waals surface area contributed by atoms with E-state index in [9.17, 15) is 9.50 Å². The molecule has 2 rings (SSSR count). The molecule has 0 aromatic heterocycles. The van der Waals surface area contributed by atoms with Crippen LogP contribution in [-0.2, 0) is 0 Å². The molecule has 3 heteroatoms. The van der Waals surface area contributed by atoms with E-state index in [2.05, 4.69) is 6.58 Å². The highest BCUT2D eigenvalue weighted by Gasteiger charge is 2.08. The molecule has 0 radical (unpaired) electrons. The fourth-order valence-corrected chi connectivity index (χ4v) is 1.69. The van der Waals surface area contributed by atoms with Crippen LogP contribution >= 0.6 is 0 Å². The molecule has 2 nitrogen and oxygen atoms in total. The van der Waals surface area contributed by atoms with Crippen molar-refractivity contribution in [2.45, 2.75) is 0 Å². The molecule has 2 aromatic rings. The Balaban J connectivity index is 2.97. The van der Waals surface area contributed by atoms with Gasteiger partial charge in [-0.15, -0.1) is 0 Å². The van der Waals surface area contributed by atoms with Crippen LogP contribution in [0.2, 0.25) is 0 Å². The van der Waals surface area contributed by atoms with Crippen LogP contribution in [0.3, 0.4) is 0 Å². The second kappa shape index (κ2) is 3.28. The zero-order chi connectivity index (χ0) is 11.0. The minimum Gasteiger partial charge on any atom is -0.508 e. The summed E-state index contributed by atoms with van der Waals surface area (Å²) in [4.78, 5) is 0. The van der Waals surface area contributed by atoms with Crippen molar-refractivity contribution in [3.8, 4) is 5.75 Å². The van der Waals surface area contributed by atoms with E-state index in [4.69, 9.17) is 5.73 Å². The number of hydrogen-bond acceptors (Lipinski definition) is 2. The third-order valence-electron chi connectivity index (χ3n) is 2.32. The predicted octanol–water partition coefficient (Wildman–Crippen LogP) is 2.91. The first-order valence-corrected chi connectivity index (χ1v) is 4.46. The van der Waals surface area contributed by atoms with Gasteiger partial charge in [0.05, 0.1) is 0 Å². The van der Waals surface area contributed by atoms with E-state index in [0.29, 0.717) is 22.0 Å². The van der Waals surface area contributed by atoms with Gasteiger partial charge >= 0.3 is 0 Å². The molecule has 0 atom stereocenters. The normalized spacial score (nSPS) is 10.5. The number of nitrogen functional groups attached to an aromatic ring is 1. The lowest BCUT2D eigenvalue weighted by atomic mass is 10.0. The van der Waals surface area contributed by atoms with Crippen molar-refractivity contribution in [2.75, 3.05) is 5.73 Å². The number of phenols is 1. The van der Waals surface area contributed by atoms with Gasteiger partial charge < -0.3 is 10.8 Å². The molecule has 0 saturated carbocycles. The predicted molar refractivity (Wildman–Crippen MR) is 60.1 cm³/mol. The maximum atomic E-state index is 13.4. The highest BCUT2D eigenvalue weighted by Crippen LogP contribution is 2.31. The minimum atomic E-state index is -0.366. The van der Waals surface area contributed by atoms with Crippen LogP contribution in [0.15, 0.2) is 30.8 Å². The number of fused-ring (bicyclic) bond motifs is 1. The summed E-state index contributed by atoms with van der Waals surface area (Å²) in [5.41, 5.74) is 6.44. The third kappa shape index (κ3) is 1.42. The van der Waals surface area contributed by atoms with Crippen molar-refractivity contribution in [1.29, 1.82) is 0 Å². The van der Waals surface area contributed by atoms with Crippen LogP contribution in [0.5, 0.6) is 5.75 Å². The molecule has 0 spiro atoms. The molecular weight excluding hydrogens is 193 g/mol. The second-order valence-electron chi connectivity index (χ2n) is 3.30. The maximum Gasteiger partial charge on any atom is 0.131 e. The van der Waals surface area contributed by atoms with Crippen molar-refractivity contribution in [2.24, 2.45) is 0 Å². The lowest BCUT2D eigenvalue weighted by Gasteiger charge is -2.07. The van der Waals surface area contributed by atoms with Gasteiger partial charge in [0, 0.05) is 22.7 Å². The monoisotopic (exact) mass is 203 g/mol. The summed E-state index contributed by atoms with van der Waals surface area (Å²) in [6, 6.07) is 5.85. The molecule has 0 saturated heterocycles. The Hall–Kier alpha value is -2.03. The first kappa shape index (κ1) is 9.52. The van der Waals surface area contributed by atoms with Gasteiger partial charge in [-0.2, -0.15) is 0 Å². The number of rotatable bonds is 1. The van der Waals surface area contributed by atoms with Gasteiger partial charge in [0.15, 0.2) is 0 Å². The number of halogens is 1. The summed E-state index contributed by atoms with van der Waals surface area (Å²) in [5.74, 6) is -0.295. The lowest BCUT2D eigenvalue weighted by Crippen LogP contribution is -1.92. The molecule has 15 heavy (non-hydrogen) atoms. The van der Waals surface area contributed by atoms with Gasteiger partial charge in [-0.05, 0) is 17.5 Å². The molecule has 0 fully saturated rings. The number of nitrogens with two attached hydrogens (primary N) is 1. The summed E-state index contributed by atoms with van der Waals surface area (Å²) in [7, 11) is 0. The Labute approximate surface area is 86.5 Å². The maximum absolute atomic E-state index is 13.4. The van der Waals surface area contributed by atoms with Gasteiger partial charge in [-0.25, -0.2) is 4.39 Å². The molecule has 0 unspecified atom stereocenters. The summed E-state index contributed by atoms with van der Waals surface area (Å²) in [6.07, 6.45) is 1.42. The second-order valence-corrected chi connectivity index (χ2v) is 3.30. The van der Waals surface area contributed by atoms with Gasteiger partial charge in [0.2, 0.25) is 0 Å². The number of anilines is 1. The SMILES string of the molecule is C=Cc1c(F)ccc2cc(O)cc(N)c12. The molecule has 0 aliphatic heterocycles. The summed E-state index contributed by atoms with van der Waals surface area (Å²) >= 11 is 0. The Kier molecular flexibility index (Phi) is 2.08. The van der Waals surface area contributed by atoms with Crippen LogP contribution in [-0.4, -0.2) is 5.11 Å². The number of benzene rings is 2. The molecule has 0 aliphatic rings. The molecule has 0 bridgehead atoms. The van der Waals surface area contributed by atoms with Crippen LogP contribution in [0.25, 0.3) is 16.8 Å². The quantitative estimate of drug-likeness (QED) is 0.700. The van der Waals surface area contributed by atoms with E-state index >= 15 is 0 Å². The zero-order valence-corrected chi connectivity index (χ0v) is 8.00. The first-order chi connectivity index (χ1) is 7.13. The first-order valence-electron chi connectivity index (χ1n) is 4.46. The molecule has 0 heterocycles. The fraction of sp³-hybridized carbons (Fsp3) is 0. The highest BCUT2D eigenvalue weighted by atomic mass is 19.1. The van der Waals surface area contributed by atoms with E-state index < -0.39 is 0 Å². The summed E-state index contributed by atoms with van der Waals surface area (Å²) in [6.45, 7) is 3.55. The van der Waals surface area contributed by atoms with E-state index in [-0.39, 0.29) is 11.6 Å². The Morgan fingerprint density at radius 2 is 2.07 bits per heavy atom. The topological polar surface area (TPSA) is 46.2 Å². The standard InChI is InChI=1S/C12H10FNO/c1-2-9-10(13)4-3-7-5-8(15)6-11(14)12(7)9/h2-6,15H,1,14H2. The molecule has 76 valence electrons. The summed E-state index contributed by atoms with van der Waals surface area (Å²) < 4.78 is 13.4. The lowest BCUT2D eigenvalue weighted by molar-refractivity contribution is 0.476. The molecule has 0 amide bonds. The fourth-order valence-electron chi connectivity index (χ4n) is 1.69. The Morgan fingerprint density at radius 1 is 1.33 bits per heavy atom. The molecule has 2 aromatic carbocycles. The van der Waals surface area contributed by atoms with Crippen molar-refractivity contribution in [1.82, 2.24) is 0 Å². The minimum absolute atomic E-state index is 0.0709. The smallest absolute Gasteiger partial charge is 0.131 e. The van der Waals surface area contributed by atoms with Gasteiger partial charge in [-0.1, -0.05) is 18.7 Å². The Bertz CT molecular complexity index is 549. The molecular formula is C12H10FNO. The van der Waals surface area contributed by atoms with E-state index in [1.165, 1.54) is 24.3 Å². The van der Waals surface area contributed by atoms with E-state index in [0.717, 1.165) is 0 Å². The van der Waals surface area contributed by atoms with Crippen LogP contribution in [0, 0.1) is 5.82 Å². The van der Waals surface area contributed by atoms with Crippen molar-refractivity contribution in [3.63, 3.8) is 0 Å². The number of hydrogen-bond donors (Lipinski definition) is 2. The third-order valence-corrected chi connectivity index (χ3v) is 2.32. The van der Waals surface area contributed by atoms with Crippen LogP contribution in [0.4, 0.5) is 10.1 Å². The average Bonchev–Trinajstić information content (AvgIpc) is 2.18. The van der Waals surface area contributed by atoms with Gasteiger partial charge in [0.25, 0.3) is 0 Å². The zero-order valence-electron chi connectivity index (χ0n) is 8.00. The summed E-state index contributed by atoms with van der Waals surface area (Å²) in [5, 5.41) is 10.6. The van der Waals surface area contributed by atoms with Crippen LogP contribution < -0.4 is 5.73 Å². The number of aromatic hydroxyl groups is 1. The highest BCUT2D eigenvalue weighted by molar-refractivity contribution is 6.00. The average molecular weight is 203 g/mol. The van der Waals surface area contributed by atoms with Gasteiger partial charge in [0.1, 0.15) is 11.6 Å². The molecule has 3 N–H and O–H groups in total. The van der Waals surface area contributed by atoms with E-state index in [1.807, 2.05) is 0 Å².